The van der Waals surface area contributed by atoms with E-state index in [1.807, 2.05) is 0 Å². The zero-order valence-corrected chi connectivity index (χ0v) is 12.3. The van der Waals surface area contributed by atoms with Crippen LogP contribution in [0.3, 0.4) is 0 Å². The number of hydrogen-bond donors (Lipinski definition) is 1. The standard InChI is InChI=1S/C12H15BrN2O4/c1-3-19-12(16)8(2)14-7-9-4-5-10(13)6-11(9)15(17)18/h4-6,8,14H,3,7H2,1-2H3. The van der Waals surface area contributed by atoms with E-state index in [9.17, 15) is 14.9 Å². The van der Waals surface area contributed by atoms with Crippen LogP contribution in [0.1, 0.15) is 19.4 Å². The van der Waals surface area contributed by atoms with Crippen LogP contribution >= 0.6 is 15.9 Å². The Kier molecular flexibility index (Phi) is 5.91. The van der Waals surface area contributed by atoms with Crippen LogP contribution in [0.25, 0.3) is 0 Å². The van der Waals surface area contributed by atoms with E-state index in [1.54, 1.807) is 26.0 Å². The summed E-state index contributed by atoms with van der Waals surface area (Å²) in [5.74, 6) is -0.373. The van der Waals surface area contributed by atoms with E-state index < -0.39 is 11.0 Å². The SMILES string of the molecule is CCOC(=O)C(C)NCc1ccc(Br)cc1[N+](=O)[O-]. The first-order valence-electron chi connectivity index (χ1n) is 5.78. The smallest absolute Gasteiger partial charge is 0.322 e. The maximum atomic E-state index is 11.4. The molecule has 0 heterocycles. The van der Waals surface area contributed by atoms with Crippen molar-refractivity contribution in [3.8, 4) is 0 Å². The quantitative estimate of drug-likeness (QED) is 0.492. The van der Waals surface area contributed by atoms with Gasteiger partial charge in [0.2, 0.25) is 0 Å². The first kappa shape index (κ1) is 15.6. The van der Waals surface area contributed by atoms with Crippen molar-refractivity contribution < 1.29 is 14.5 Å². The van der Waals surface area contributed by atoms with Gasteiger partial charge in [-0.3, -0.25) is 14.9 Å². The summed E-state index contributed by atoms with van der Waals surface area (Å²) in [6, 6.07) is 4.29. The molecule has 0 saturated heterocycles. The number of carbonyl (C=O) groups is 1. The molecule has 1 aromatic rings. The topological polar surface area (TPSA) is 81.5 Å². The number of nitro benzene ring substituents is 1. The summed E-state index contributed by atoms with van der Waals surface area (Å²) in [6.45, 7) is 3.92. The maximum absolute atomic E-state index is 11.4. The minimum absolute atomic E-state index is 0.0120. The average Bonchev–Trinajstić information content (AvgIpc) is 2.36. The van der Waals surface area contributed by atoms with Crippen molar-refractivity contribution in [2.45, 2.75) is 26.4 Å². The summed E-state index contributed by atoms with van der Waals surface area (Å²) < 4.78 is 5.49. The Morgan fingerprint density at radius 2 is 2.26 bits per heavy atom. The molecule has 0 aliphatic rings. The van der Waals surface area contributed by atoms with Gasteiger partial charge < -0.3 is 10.1 Å². The number of esters is 1. The van der Waals surface area contributed by atoms with Crippen LogP contribution in [0.4, 0.5) is 5.69 Å². The average molecular weight is 331 g/mol. The van der Waals surface area contributed by atoms with Gasteiger partial charge in [0, 0.05) is 22.6 Å². The van der Waals surface area contributed by atoms with Crippen molar-refractivity contribution in [2.75, 3.05) is 6.61 Å². The molecule has 0 fully saturated rings. The van der Waals surface area contributed by atoms with Crippen molar-refractivity contribution in [3.63, 3.8) is 0 Å². The number of benzene rings is 1. The molecule has 1 aromatic carbocycles. The summed E-state index contributed by atoms with van der Waals surface area (Å²) >= 11 is 3.19. The van der Waals surface area contributed by atoms with Gasteiger partial charge in [-0.15, -0.1) is 0 Å². The zero-order valence-electron chi connectivity index (χ0n) is 10.7. The van der Waals surface area contributed by atoms with Crippen LogP contribution < -0.4 is 5.32 Å². The third-order valence-corrected chi connectivity index (χ3v) is 2.98. The molecule has 0 aromatic heterocycles. The summed E-state index contributed by atoms with van der Waals surface area (Å²) in [4.78, 5) is 21.9. The number of rotatable bonds is 6. The van der Waals surface area contributed by atoms with Crippen molar-refractivity contribution >= 4 is 27.6 Å². The minimum atomic E-state index is -0.511. The Morgan fingerprint density at radius 3 is 2.84 bits per heavy atom. The van der Waals surface area contributed by atoms with E-state index in [-0.39, 0.29) is 18.2 Å². The first-order valence-corrected chi connectivity index (χ1v) is 6.57. The van der Waals surface area contributed by atoms with Crippen LogP contribution in [0.15, 0.2) is 22.7 Å². The molecule has 0 amide bonds. The van der Waals surface area contributed by atoms with Gasteiger partial charge in [0.15, 0.2) is 0 Å². The molecule has 0 aliphatic carbocycles. The molecule has 7 heteroatoms. The zero-order chi connectivity index (χ0) is 14.4. The van der Waals surface area contributed by atoms with Crippen LogP contribution in [0, 0.1) is 10.1 Å². The van der Waals surface area contributed by atoms with Gasteiger partial charge in [0.1, 0.15) is 6.04 Å². The fourth-order valence-electron chi connectivity index (χ4n) is 1.47. The summed E-state index contributed by atoms with van der Waals surface area (Å²) in [5, 5.41) is 13.8. The van der Waals surface area contributed by atoms with Gasteiger partial charge in [0.05, 0.1) is 11.5 Å². The van der Waals surface area contributed by atoms with E-state index >= 15 is 0 Å². The predicted molar refractivity (Wildman–Crippen MR) is 73.7 cm³/mol. The second-order valence-corrected chi connectivity index (χ2v) is 4.80. The number of carbonyl (C=O) groups excluding carboxylic acids is 1. The normalized spacial score (nSPS) is 11.9. The second kappa shape index (κ2) is 7.20. The van der Waals surface area contributed by atoms with E-state index in [1.165, 1.54) is 6.07 Å². The number of nitrogens with one attached hydrogen (secondary N) is 1. The highest BCUT2D eigenvalue weighted by Gasteiger charge is 2.17. The lowest BCUT2D eigenvalue weighted by molar-refractivity contribution is -0.385. The van der Waals surface area contributed by atoms with Gasteiger partial charge in [-0.1, -0.05) is 15.9 Å². The van der Waals surface area contributed by atoms with Crippen LogP contribution in [0.2, 0.25) is 0 Å². The van der Waals surface area contributed by atoms with Crippen LogP contribution in [-0.2, 0) is 16.1 Å². The highest BCUT2D eigenvalue weighted by Crippen LogP contribution is 2.23. The molecule has 1 unspecified atom stereocenters. The Hall–Kier alpha value is -1.47. The van der Waals surface area contributed by atoms with Crippen molar-refractivity contribution in [1.29, 1.82) is 0 Å². The molecule has 1 N–H and O–H groups in total. The maximum Gasteiger partial charge on any atom is 0.322 e. The minimum Gasteiger partial charge on any atom is -0.465 e. The summed E-state index contributed by atoms with van der Waals surface area (Å²) in [6.07, 6.45) is 0. The molecule has 19 heavy (non-hydrogen) atoms. The van der Waals surface area contributed by atoms with E-state index in [0.717, 1.165) is 0 Å². The Morgan fingerprint density at radius 1 is 1.58 bits per heavy atom. The van der Waals surface area contributed by atoms with E-state index in [4.69, 9.17) is 4.74 Å². The molecular weight excluding hydrogens is 316 g/mol. The van der Waals surface area contributed by atoms with Crippen molar-refractivity contribution in [1.82, 2.24) is 5.32 Å². The lowest BCUT2D eigenvalue weighted by Crippen LogP contribution is -2.35. The van der Waals surface area contributed by atoms with Crippen LogP contribution in [-0.4, -0.2) is 23.5 Å². The van der Waals surface area contributed by atoms with Crippen molar-refractivity contribution in [3.05, 3.63) is 38.3 Å². The van der Waals surface area contributed by atoms with Crippen molar-refractivity contribution in [2.24, 2.45) is 0 Å². The summed E-state index contributed by atoms with van der Waals surface area (Å²) in [5.41, 5.74) is 0.530. The first-order chi connectivity index (χ1) is 8.95. The van der Waals surface area contributed by atoms with E-state index in [2.05, 4.69) is 21.2 Å². The lowest BCUT2D eigenvalue weighted by Gasteiger charge is -2.12. The van der Waals surface area contributed by atoms with Gasteiger partial charge >= 0.3 is 5.97 Å². The highest BCUT2D eigenvalue weighted by molar-refractivity contribution is 9.10. The molecule has 104 valence electrons. The Bertz CT molecular complexity index is 479. The molecule has 0 aliphatic heterocycles. The molecule has 6 nitrogen and oxygen atoms in total. The van der Waals surface area contributed by atoms with Gasteiger partial charge in [-0.25, -0.2) is 0 Å². The number of nitrogens with zero attached hydrogens (tertiary/aromatic N) is 1. The fourth-order valence-corrected chi connectivity index (χ4v) is 1.82. The molecule has 1 atom stereocenters. The predicted octanol–water partition coefficient (Wildman–Crippen LogP) is 2.40. The van der Waals surface area contributed by atoms with Gasteiger partial charge in [-0.05, 0) is 26.0 Å². The number of nitro groups is 1. The molecule has 0 bridgehead atoms. The molecule has 0 saturated carbocycles. The highest BCUT2D eigenvalue weighted by atomic mass is 79.9. The molecule has 1 rings (SSSR count). The van der Waals surface area contributed by atoms with Gasteiger partial charge in [0.25, 0.3) is 5.69 Å². The Labute approximate surface area is 119 Å². The van der Waals surface area contributed by atoms with E-state index in [0.29, 0.717) is 16.6 Å². The number of hydrogen-bond acceptors (Lipinski definition) is 5. The third kappa shape index (κ3) is 4.60. The van der Waals surface area contributed by atoms with Gasteiger partial charge in [-0.2, -0.15) is 0 Å². The molecular formula is C12H15BrN2O4. The number of ether oxygens (including phenoxy) is 1. The second-order valence-electron chi connectivity index (χ2n) is 3.88. The number of halogens is 1. The third-order valence-electron chi connectivity index (χ3n) is 2.48. The largest absolute Gasteiger partial charge is 0.465 e. The van der Waals surface area contributed by atoms with Crippen LogP contribution in [0.5, 0.6) is 0 Å². The monoisotopic (exact) mass is 330 g/mol. The fraction of sp³-hybridized carbons (Fsp3) is 0.417. The molecule has 0 radical (unpaired) electrons. The molecule has 0 spiro atoms. The summed E-state index contributed by atoms with van der Waals surface area (Å²) in [7, 11) is 0. The Balaban J connectivity index is 2.72. The lowest BCUT2D eigenvalue weighted by atomic mass is 10.1.